The fourth-order valence-electron chi connectivity index (χ4n) is 2.57. The molecule has 0 aliphatic carbocycles. The number of aryl methyl sites for hydroxylation is 1. The van der Waals surface area contributed by atoms with Crippen LogP contribution in [0.1, 0.15) is 27.2 Å². The van der Waals surface area contributed by atoms with Crippen LogP contribution in [0.25, 0.3) is 0 Å². The molecule has 0 unspecified atom stereocenters. The maximum atomic E-state index is 12.6. The lowest BCUT2D eigenvalue weighted by Crippen LogP contribution is -2.48. The summed E-state index contributed by atoms with van der Waals surface area (Å²) < 4.78 is 1.17. The molecule has 2 aromatic carbocycles. The fraction of sp³-hybridized carbons (Fsp3) is 0.150. The first-order chi connectivity index (χ1) is 13.5. The van der Waals surface area contributed by atoms with E-state index in [9.17, 15) is 14.7 Å². The second-order valence-electron chi connectivity index (χ2n) is 6.12. The second kappa shape index (κ2) is 8.26. The predicted molar refractivity (Wildman–Crippen MR) is 103 cm³/mol. The van der Waals surface area contributed by atoms with Crippen LogP contribution in [-0.2, 0) is 6.54 Å². The Hall–Kier alpha value is -3.81. The number of rotatable bonds is 6. The number of hydrogen-bond acceptors (Lipinski definition) is 5. The molecule has 1 aromatic heterocycles. The molecule has 28 heavy (non-hydrogen) atoms. The number of nitrogens with zero attached hydrogens (tertiary/aromatic N) is 4. The maximum Gasteiger partial charge on any atom is 0.427 e. The van der Waals surface area contributed by atoms with Gasteiger partial charge < -0.3 is 5.11 Å². The standard InChI is InChI=1S/C20H19N5O3/c1-14-8-10-16(11-9-14)17(26)13-24-18(19(27)21-2)20(28)25(23-24)22-12-15-6-4-3-5-7-15/h3-12H,13H2,1-2H3,(H-,21,23,27,28)/b22-12+. The third kappa shape index (κ3) is 4.12. The summed E-state index contributed by atoms with van der Waals surface area (Å²) in [5, 5.41) is 18.9. The van der Waals surface area contributed by atoms with E-state index >= 15 is 0 Å². The SMILES string of the molecule is CN=C([O-])c1c(=O)n(/N=C/c2ccccc2)[nH][n+]1CC(=O)c1ccc(C)cc1. The van der Waals surface area contributed by atoms with E-state index in [1.165, 1.54) is 17.9 Å². The Labute approximate surface area is 161 Å². The van der Waals surface area contributed by atoms with Crippen LogP contribution in [0.15, 0.2) is 69.5 Å². The Morgan fingerprint density at radius 2 is 1.86 bits per heavy atom. The molecule has 8 heteroatoms. The van der Waals surface area contributed by atoms with Crippen LogP contribution in [0, 0.1) is 6.92 Å². The molecule has 1 heterocycles. The number of benzene rings is 2. The van der Waals surface area contributed by atoms with E-state index in [0.717, 1.165) is 15.9 Å². The summed E-state index contributed by atoms with van der Waals surface area (Å²) in [6.45, 7) is 1.70. The molecule has 0 aliphatic heterocycles. The summed E-state index contributed by atoms with van der Waals surface area (Å²) >= 11 is 0. The lowest BCUT2D eigenvalue weighted by atomic mass is 10.1. The number of nitrogens with one attached hydrogen (secondary N) is 1. The number of Topliss-reactive ketones (excluding diaryl/α,β-unsaturated/α-hetero) is 1. The topological polar surface area (TPSA) is 107 Å². The van der Waals surface area contributed by atoms with Gasteiger partial charge in [-0.05, 0) is 12.5 Å². The van der Waals surface area contributed by atoms with Gasteiger partial charge in [-0.2, -0.15) is 0 Å². The van der Waals surface area contributed by atoms with Crippen LogP contribution in [-0.4, -0.2) is 34.9 Å². The van der Waals surface area contributed by atoms with Crippen LogP contribution in [0.4, 0.5) is 0 Å². The van der Waals surface area contributed by atoms with E-state index in [1.807, 2.05) is 49.4 Å². The number of ketones is 1. The highest BCUT2D eigenvalue weighted by atomic mass is 16.3. The van der Waals surface area contributed by atoms with Gasteiger partial charge in [0.1, 0.15) is 0 Å². The zero-order valence-electron chi connectivity index (χ0n) is 15.5. The number of H-pyrrole nitrogens is 1. The van der Waals surface area contributed by atoms with Crippen LogP contribution in [0.5, 0.6) is 0 Å². The largest absolute Gasteiger partial charge is 0.856 e. The van der Waals surface area contributed by atoms with Crippen molar-refractivity contribution in [1.82, 2.24) is 10.0 Å². The van der Waals surface area contributed by atoms with E-state index in [1.54, 1.807) is 12.1 Å². The monoisotopic (exact) mass is 377 g/mol. The smallest absolute Gasteiger partial charge is 0.427 e. The molecule has 0 spiro atoms. The zero-order valence-corrected chi connectivity index (χ0v) is 15.5. The van der Waals surface area contributed by atoms with Crippen molar-refractivity contribution in [2.24, 2.45) is 10.1 Å². The Kier molecular flexibility index (Phi) is 5.59. The lowest BCUT2D eigenvalue weighted by molar-refractivity contribution is -0.745. The van der Waals surface area contributed by atoms with Crippen LogP contribution < -0.4 is 15.3 Å². The Morgan fingerprint density at radius 1 is 1.18 bits per heavy atom. The summed E-state index contributed by atoms with van der Waals surface area (Å²) in [4.78, 5) is 29.6. The molecule has 0 aliphatic rings. The minimum atomic E-state index is -0.730. The number of aromatic amines is 1. The highest BCUT2D eigenvalue weighted by molar-refractivity contribution is 5.95. The average molecular weight is 377 g/mol. The highest BCUT2D eigenvalue weighted by Crippen LogP contribution is 2.04. The molecular formula is C20H19N5O3. The van der Waals surface area contributed by atoms with Crippen molar-refractivity contribution in [2.75, 3.05) is 7.05 Å². The molecule has 0 fully saturated rings. The fourth-order valence-corrected chi connectivity index (χ4v) is 2.57. The summed E-state index contributed by atoms with van der Waals surface area (Å²) in [5.74, 6) is -0.984. The van der Waals surface area contributed by atoms with Gasteiger partial charge in [-0.15, -0.1) is 4.68 Å². The molecule has 0 bridgehead atoms. The van der Waals surface area contributed by atoms with Crippen molar-refractivity contribution in [3.8, 4) is 0 Å². The van der Waals surface area contributed by atoms with Crippen molar-refractivity contribution in [3.63, 3.8) is 0 Å². The van der Waals surface area contributed by atoms with Crippen molar-refractivity contribution >= 4 is 17.9 Å². The Morgan fingerprint density at radius 3 is 2.50 bits per heavy atom. The average Bonchev–Trinajstić information content (AvgIpc) is 3.02. The number of hydrogen-bond donors (Lipinski definition) is 1. The molecule has 0 saturated carbocycles. The first-order valence-electron chi connectivity index (χ1n) is 8.58. The van der Waals surface area contributed by atoms with Gasteiger partial charge in [0.25, 0.3) is 5.69 Å². The molecule has 3 aromatic rings. The molecule has 0 radical (unpaired) electrons. The molecule has 142 valence electrons. The van der Waals surface area contributed by atoms with E-state index < -0.39 is 11.5 Å². The number of carbonyl (C=O) groups is 1. The van der Waals surface area contributed by atoms with Gasteiger partial charge in [0.15, 0.2) is 6.54 Å². The highest BCUT2D eigenvalue weighted by Gasteiger charge is 2.24. The number of aliphatic imine (C=N–C) groups is 1. The van der Waals surface area contributed by atoms with Gasteiger partial charge >= 0.3 is 5.56 Å². The van der Waals surface area contributed by atoms with Gasteiger partial charge in [-0.1, -0.05) is 70.5 Å². The van der Waals surface area contributed by atoms with Crippen molar-refractivity contribution in [3.05, 3.63) is 87.3 Å². The zero-order chi connectivity index (χ0) is 20.1. The molecule has 0 atom stereocenters. The van der Waals surface area contributed by atoms with Gasteiger partial charge in [-0.25, -0.2) is 4.79 Å². The first-order valence-corrected chi connectivity index (χ1v) is 8.58. The first kappa shape index (κ1) is 19.0. The molecular weight excluding hydrogens is 358 g/mol. The summed E-state index contributed by atoms with van der Waals surface area (Å²) in [6, 6.07) is 16.2. The summed E-state index contributed by atoms with van der Waals surface area (Å²) in [7, 11) is 1.29. The van der Waals surface area contributed by atoms with Crippen LogP contribution >= 0.6 is 0 Å². The third-order valence-electron chi connectivity index (χ3n) is 4.08. The predicted octanol–water partition coefficient (Wildman–Crippen LogP) is 0.274. The normalized spacial score (nSPS) is 11.9. The molecule has 1 N–H and O–H groups in total. The van der Waals surface area contributed by atoms with E-state index in [4.69, 9.17) is 0 Å². The van der Waals surface area contributed by atoms with E-state index in [0.29, 0.717) is 5.56 Å². The van der Waals surface area contributed by atoms with Crippen molar-refractivity contribution in [2.45, 2.75) is 13.5 Å². The van der Waals surface area contributed by atoms with Gasteiger partial charge in [0.2, 0.25) is 5.78 Å². The summed E-state index contributed by atoms with van der Waals surface area (Å²) in [5.41, 5.74) is 1.35. The quantitative estimate of drug-likeness (QED) is 0.288. The van der Waals surface area contributed by atoms with Crippen LogP contribution in [0.3, 0.4) is 0 Å². The van der Waals surface area contributed by atoms with E-state index in [2.05, 4.69) is 15.3 Å². The van der Waals surface area contributed by atoms with Crippen molar-refractivity contribution < 1.29 is 14.6 Å². The minimum Gasteiger partial charge on any atom is -0.856 e. The lowest BCUT2D eigenvalue weighted by Gasteiger charge is -2.05. The van der Waals surface area contributed by atoms with Gasteiger partial charge in [-0.3, -0.25) is 9.79 Å². The number of aromatic nitrogens is 3. The Bertz CT molecular complexity index is 1090. The molecule has 0 saturated heterocycles. The molecule has 0 amide bonds. The Balaban J connectivity index is 1.95. The molecule has 8 nitrogen and oxygen atoms in total. The van der Waals surface area contributed by atoms with E-state index in [-0.39, 0.29) is 18.0 Å². The minimum absolute atomic E-state index is 0.219. The van der Waals surface area contributed by atoms with Crippen LogP contribution in [0.2, 0.25) is 0 Å². The number of carbonyl (C=O) groups excluding carboxylic acids is 1. The molecule has 3 rings (SSSR count). The summed E-state index contributed by atoms with van der Waals surface area (Å²) in [6.07, 6.45) is 1.47. The van der Waals surface area contributed by atoms with Crippen molar-refractivity contribution in [1.29, 1.82) is 0 Å². The third-order valence-corrected chi connectivity index (χ3v) is 4.08. The second-order valence-corrected chi connectivity index (χ2v) is 6.12. The maximum absolute atomic E-state index is 12.6. The van der Waals surface area contributed by atoms with Gasteiger partial charge in [0.05, 0.1) is 6.21 Å². The van der Waals surface area contributed by atoms with Gasteiger partial charge in [0, 0.05) is 23.3 Å².